The van der Waals surface area contributed by atoms with Crippen molar-refractivity contribution in [3.05, 3.63) is 130 Å². The van der Waals surface area contributed by atoms with Crippen LogP contribution in [0, 0.1) is 6.57 Å². The molecule has 0 radical (unpaired) electrons. The van der Waals surface area contributed by atoms with Gasteiger partial charge in [-0.05, 0) is 103 Å². The molecule has 63 heavy (non-hydrogen) atoms. The van der Waals surface area contributed by atoms with Crippen molar-refractivity contribution in [3.63, 3.8) is 0 Å². The Kier molecular flexibility index (Phi) is 13.6. The lowest BCUT2D eigenvalue weighted by Gasteiger charge is -2.12. The smallest absolute Gasteiger partial charge is 0.437 e. The predicted octanol–water partition coefficient (Wildman–Crippen LogP) is 12.4. The van der Waals surface area contributed by atoms with E-state index in [4.69, 9.17) is 25.1 Å². The normalized spacial score (nSPS) is 12.0. The molecule has 0 aliphatic heterocycles. The highest BCUT2D eigenvalue weighted by Crippen LogP contribution is 2.40. The van der Waals surface area contributed by atoms with Gasteiger partial charge >= 0.3 is 12.4 Å². The van der Waals surface area contributed by atoms with E-state index in [0.717, 1.165) is 71.7 Å². The molecule has 4 heterocycles. The van der Waals surface area contributed by atoms with Gasteiger partial charge in [0.1, 0.15) is 11.5 Å². The quantitative estimate of drug-likeness (QED) is 0.0585. The lowest BCUT2D eigenvalue weighted by atomic mass is 10.0. The molecule has 16 heteroatoms. The van der Waals surface area contributed by atoms with E-state index in [1.807, 2.05) is 74.8 Å². The first-order chi connectivity index (χ1) is 30.3. The van der Waals surface area contributed by atoms with Crippen LogP contribution < -0.4 is 9.47 Å². The van der Waals surface area contributed by atoms with Gasteiger partial charge in [-0.3, -0.25) is 0 Å². The molecule has 0 spiro atoms. The third kappa shape index (κ3) is 9.94. The van der Waals surface area contributed by atoms with E-state index in [9.17, 15) is 31.4 Å². The number of aryl methyl sites for hydroxylation is 4. The minimum absolute atomic E-state index is 0.00898. The van der Waals surface area contributed by atoms with E-state index in [-0.39, 0.29) is 28.5 Å². The van der Waals surface area contributed by atoms with E-state index in [0.29, 0.717) is 55.2 Å². The van der Waals surface area contributed by atoms with Crippen LogP contribution in [0.2, 0.25) is 0 Å². The number of fused-ring (bicyclic) bond motifs is 4. The monoisotopic (exact) mass is 873 g/mol. The van der Waals surface area contributed by atoms with Gasteiger partial charge in [0.05, 0.1) is 30.6 Å². The topological polar surface area (TPSA) is 105 Å². The Balaban J connectivity index is 0.000000189. The zero-order chi connectivity index (χ0) is 44.7. The zero-order valence-corrected chi connectivity index (χ0v) is 34.7. The van der Waals surface area contributed by atoms with Crippen LogP contribution in [0.3, 0.4) is 0 Å². The van der Waals surface area contributed by atoms with Gasteiger partial charge in [0.25, 0.3) is 0 Å². The Labute approximate surface area is 358 Å². The van der Waals surface area contributed by atoms with Crippen molar-refractivity contribution < 1.29 is 50.0 Å². The number of aromatic nitrogens is 4. The molecule has 0 atom stereocenters. The van der Waals surface area contributed by atoms with E-state index in [1.54, 1.807) is 12.1 Å². The molecule has 0 aliphatic rings. The summed E-state index contributed by atoms with van der Waals surface area (Å²) in [6.07, 6.45) is -1.13. The molecule has 0 bridgehead atoms. The van der Waals surface area contributed by atoms with Gasteiger partial charge in [0.15, 0.2) is 22.6 Å². The van der Waals surface area contributed by atoms with Crippen molar-refractivity contribution in [3.8, 4) is 11.5 Å². The molecule has 0 amide bonds. The Morgan fingerprint density at radius 1 is 0.651 bits per heavy atom. The molecule has 10 nitrogen and oxygen atoms in total. The first-order valence-corrected chi connectivity index (χ1v) is 20.7. The third-order valence-corrected chi connectivity index (χ3v) is 10.7. The van der Waals surface area contributed by atoms with Gasteiger partial charge in [-0.1, -0.05) is 43.1 Å². The summed E-state index contributed by atoms with van der Waals surface area (Å²) in [5.41, 5.74) is 3.54. The van der Waals surface area contributed by atoms with Crippen molar-refractivity contribution >= 4 is 43.7 Å². The summed E-state index contributed by atoms with van der Waals surface area (Å²) in [4.78, 5) is 3.42. The van der Waals surface area contributed by atoms with Gasteiger partial charge in [0, 0.05) is 58.6 Å². The van der Waals surface area contributed by atoms with Crippen LogP contribution in [0.15, 0.2) is 94.2 Å². The highest BCUT2D eigenvalue weighted by Gasteiger charge is 2.39. The van der Waals surface area contributed by atoms with Crippen LogP contribution >= 0.6 is 0 Å². The molecule has 8 aromatic rings. The minimum Gasteiger partial charge on any atom is -0.493 e. The van der Waals surface area contributed by atoms with Crippen LogP contribution in [-0.4, -0.2) is 37.8 Å². The summed E-state index contributed by atoms with van der Waals surface area (Å²) in [5, 5.41) is 17.8. The molecule has 330 valence electrons. The van der Waals surface area contributed by atoms with Crippen molar-refractivity contribution in [2.24, 2.45) is 0 Å². The summed E-state index contributed by atoms with van der Waals surface area (Å²) < 4.78 is 105. The SMILES string of the molecule is CCCc1c(OCCCn2ccc3cc(CO)ccc32)ccc2c(C(F)(F)F)noc12.[C-]#[N+]Cc1ccc2c(ccn2CCCOc2ccc3c(C(F)(F)F)noc3c2CCC)c1. The first-order valence-electron chi connectivity index (χ1n) is 20.7. The van der Waals surface area contributed by atoms with Gasteiger partial charge in [-0.15, -0.1) is 0 Å². The fourth-order valence-corrected chi connectivity index (χ4v) is 7.75. The Morgan fingerprint density at radius 3 is 1.54 bits per heavy atom. The number of ether oxygens (including phenoxy) is 2. The van der Waals surface area contributed by atoms with Gasteiger partial charge in [-0.25, -0.2) is 6.57 Å². The largest absolute Gasteiger partial charge is 0.493 e. The summed E-state index contributed by atoms with van der Waals surface area (Å²) in [6.45, 7) is 13.6. The van der Waals surface area contributed by atoms with Gasteiger partial charge < -0.3 is 37.6 Å². The van der Waals surface area contributed by atoms with E-state index in [2.05, 4.69) is 24.3 Å². The molecule has 8 rings (SSSR count). The average molecular weight is 874 g/mol. The molecule has 4 aromatic carbocycles. The van der Waals surface area contributed by atoms with Crippen LogP contribution in [0.4, 0.5) is 26.3 Å². The molecular weight excluding hydrogens is 829 g/mol. The lowest BCUT2D eigenvalue weighted by molar-refractivity contribution is -0.142. The van der Waals surface area contributed by atoms with Crippen LogP contribution in [-0.2, 0) is 51.4 Å². The number of halogens is 6. The molecule has 4 aromatic heterocycles. The fraction of sp³-hybridized carbons (Fsp3) is 0.340. The van der Waals surface area contributed by atoms with Crippen molar-refractivity contribution in [2.45, 2.75) is 91.0 Å². The maximum Gasteiger partial charge on any atom is 0.437 e. The first kappa shape index (κ1) is 44.6. The molecule has 0 unspecified atom stereocenters. The van der Waals surface area contributed by atoms with Crippen LogP contribution in [0.5, 0.6) is 11.5 Å². The number of hydrogen-bond acceptors (Lipinski definition) is 7. The van der Waals surface area contributed by atoms with E-state index >= 15 is 0 Å². The number of aliphatic hydroxyl groups is 1. The maximum absolute atomic E-state index is 13.2. The number of aliphatic hydroxyl groups excluding tert-OH is 1. The van der Waals surface area contributed by atoms with Crippen molar-refractivity contribution in [2.75, 3.05) is 13.2 Å². The average Bonchev–Trinajstić information content (AvgIpc) is 4.07. The zero-order valence-electron chi connectivity index (χ0n) is 34.7. The molecule has 0 saturated carbocycles. The summed E-state index contributed by atoms with van der Waals surface area (Å²) in [7, 11) is 0. The van der Waals surface area contributed by atoms with Crippen LogP contribution in [0.1, 0.15) is 73.2 Å². The molecular formula is C47H45F6N5O5. The molecule has 0 saturated heterocycles. The van der Waals surface area contributed by atoms with Crippen molar-refractivity contribution in [1.82, 2.24) is 19.4 Å². The second-order valence-corrected chi connectivity index (χ2v) is 15.1. The third-order valence-electron chi connectivity index (χ3n) is 10.7. The van der Waals surface area contributed by atoms with E-state index in [1.165, 1.54) is 12.1 Å². The highest BCUT2D eigenvalue weighted by molar-refractivity contribution is 5.86. The number of alkyl halides is 6. The number of rotatable bonds is 16. The van der Waals surface area contributed by atoms with Crippen LogP contribution in [0.25, 0.3) is 48.6 Å². The number of nitrogens with zero attached hydrogens (tertiary/aromatic N) is 5. The molecule has 0 aliphatic carbocycles. The summed E-state index contributed by atoms with van der Waals surface area (Å²) in [6, 6.07) is 21.8. The maximum atomic E-state index is 13.2. The summed E-state index contributed by atoms with van der Waals surface area (Å²) >= 11 is 0. The molecule has 0 fully saturated rings. The Morgan fingerprint density at radius 2 is 1.11 bits per heavy atom. The second-order valence-electron chi connectivity index (χ2n) is 15.1. The molecule has 1 N–H and O–H groups in total. The van der Waals surface area contributed by atoms with Gasteiger partial charge in [0.2, 0.25) is 6.54 Å². The van der Waals surface area contributed by atoms with E-state index < -0.39 is 23.7 Å². The second kappa shape index (κ2) is 19.3. The summed E-state index contributed by atoms with van der Waals surface area (Å²) in [5.74, 6) is 1.06. The van der Waals surface area contributed by atoms with Gasteiger partial charge in [-0.2, -0.15) is 26.3 Å². The number of benzene rings is 4. The Hall–Kier alpha value is -6.47. The highest BCUT2D eigenvalue weighted by atomic mass is 19.4. The lowest BCUT2D eigenvalue weighted by Crippen LogP contribution is -2.06. The standard InChI is InChI=1S/C24H22F3N3O2.C23H23F3N2O3/c1-3-5-18-21(9-7-19-22(18)32-29-23(19)24(25,26)27)31-13-4-11-30-12-10-17-14-16(15-28-2)6-8-20(17)30;1-2-4-17-20(8-6-18-21(17)31-27-22(18)23(24,25)26)30-12-3-10-28-11-9-16-13-15(14-29)5-7-19(16)28/h6-10,12,14H,3-5,11,13,15H2,1H3;5-9,11,13,29H,2-4,10,12,14H2,1H3. The number of hydrogen-bond donors (Lipinski definition) is 1. The minimum atomic E-state index is -4.56. The predicted molar refractivity (Wildman–Crippen MR) is 226 cm³/mol. The Bertz CT molecular complexity index is 2860. The fourth-order valence-electron chi connectivity index (χ4n) is 7.75. The van der Waals surface area contributed by atoms with Crippen molar-refractivity contribution in [1.29, 1.82) is 0 Å².